The first-order chi connectivity index (χ1) is 10.6. The Balaban J connectivity index is 2.09. The molecule has 0 saturated carbocycles. The number of fused-ring (bicyclic) bond motifs is 1. The highest BCUT2D eigenvalue weighted by molar-refractivity contribution is 6.35. The van der Waals surface area contributed by atoms with Crippen LogP contribution < -0.4 is 11.3 Å². The Labute approximate surface area is 136 Å². The second-order valence-corrected chi connectivity index (χ2v) is 5.58. The Morgan fingerprint density at radius 1 is 1.23 bits per heavy atom. The highest BCUT2D eigenvalue weighted by atomic mass is 35.5. The van der Waals surface area contributed by atoms with E-state index in [9.17, 15) is 4.79 Å². The maximum atomic E-state index is 11.8. The van der Waals surface area contributed by atoms with Crippen molar-refractivity contribution in [3.05, 3.63) is 63.8 Å². The number of aromatic nitrogens is 2. The van der Waals surface area contributed by atoms with Crippen LogP contribution in [0, 0.1) is 0 Å². The van der Waals surface area contributed by atoms with Gasteiger partial charge in [-0.3, -0.25) is 14.9 Å². The molecule has 1 heterocycles. The second-order valence-electron chi connectivity index (χ2n) is 4.73. The predicted molar refractivity (Wildman–Crippen MR) is 87.0 cm³/mol. The molecule has 3 aromatic rings. The molecule has 0 aliphatic heterocycles. The van der Waals surface area contributed by atoms with Crippen molar-refractivity contribution in [2.45, 2.75) is 6.54 Å². The van der Waals surface area contributed by atoms with Crippen molar-refractivity contribution in [2.24, 2.45) is 5.84 Å². The van der Waals surface area contributed by atoms with Gasteiger partial charge in [0.2, 0.25) is 0 Å². The van der Waals surface area contributed by atoms with E-state index in [2.05, 4.69) is 10.5 Å². The Bertz CT molecular complexity index is 860. The molecule has 0 spiro atoms. The van der Waals surface area contributed by atoms with Crippen molar-refractivity contribution in [1.82, 2.24) is 15.2 Å². The maximum Gasteiger partial charge on any atom is 0.286 e. The van der Waals surface area contributed by atoms with Crippen molar-refractivity contribution >= 4 is 40.0 Å². The van der Waals surface area contributed by atoms with Crippen LogP contribution in [0.1, 0.15) is 16.1 Å². The molecule has 0 saturated heterocycles. The first-order valence-corrected chi connectivity index (χ1v) is 7.26. The molecule has 3 rings (SSSR count). The van der Waals surface area contributed by atoms with E-state index in [-0.39, 0.29) is 5.69 Å². The van der Waals surface area contributed by atoms with E-state index in [1.54, 1.807) is 16.8 Å². The van der Waals surface area contributed by atoms with Gasteiger partial charge in [0, 0.05) is 15.4 Å². The molecule has 1 amide bonds. The highest BCUT2D eigenvalue weighted by Crippen LogP contribution is 2.24. The number of nitrogens with two attached hydrogens (primary N) is 1. The monoisotopic (exact) mass is 334 g/mol. The molecule has 3 N–H and O–H groups in total. The molecule has 112 valence electrons. The number of rotatable bonds is 3. The Morgan fingerprint density at radius 3 is 2.73 bits per heavy atom. The van der Waals surface area contributed by atoms with Gasteiger partial charge in [0.15, 0.2) is 5.69 Å². The van der Waals surface area contributed by atoms with Crippen LogP contribution in [0.3, 0.4) is 0 Å². The van der Waals surface area contributed by atoms with Crippen LogP contribution in [-0.4, -0.2) is 15.7 Å². The number of hydrazine groups is 1. The normalized spacial score (nSPS) is 10.9. The van der Waals surface area contributed by atoms with Crippen LogP contribution in [-0.2, 0) is 6.54 Å². The van der Waals surface area contributed by atoms with Gasteiger partial charge in [0.25, 0.3) is 5.91 Å². The molecular formula is C15H12Cl2N4O. The third kappa shape index (κ3) is 2.66. The zero-order valence-electron chi connectivity index (χ0n) is 11.4. The van der Waals surface area contributed by atoms with Gasteiger partial charge in [0.05, 0.1) is 12.1 Å². The number of hydrogen-bond acceptors (Lipinski definition) is 3. The van der Waals surface area contributed by atoms with Gasteiger partial charge < -0.3 is 0 Å². The van der Waals surface area contributed by atoms with E-state index in [0.29, 0.717) is 16.6 Å². The first kappa shape index (κ1) is 14.8. The number of carbonyl (C=O) groups excluding carboxylic acids is 1. The van der Waals surface area contributed by atoms with Gasteiger partial charge >= 0.3 is 0 Å². The molecule has 0 aliphatic carbocycles. The Kier molecular flexibility index (Phi) is 4.02. The van der Waals surface area contributed by atoms with Gasteiger partial charge in [-0.25, -0.2) is 5.84 Å². The summed E-state index contributed by atoms with van der Waals surface area (Å²) >= 11 is 12.1. The lowest BCUT2D eigenvalue weighted by Gasteiger charge is -2.06. The van der Waals surface area contributed by atoms with Crippen LogP contribution in [0.5, 0.6) is 0 Å². The number of carbonyl (C=O) groups is 1. The quantitative estimate of drug-likeness (QED) is 0.439. The van der Waals surface area contributed by atoms with Crippen LogP contribution in [0.2, 0.25) is 10.0 Å². The lowest BCUT2D eigenvalue weighted by molar-refractivity contribution is 0.0949. The summed E-state index contributed by atoms with van der Waals surface area (Å²) in [5, 5.41) is 6.21. The van der Waals surface area contributed by atoms with Crippen molar-refractivity contribution in [1.29, 1.82) is 0 Å². The summed E-state index contributed by atoms with van der Waals surface area (Å²) in [7, 11) is 0. The molecule has 0 unspecified atom stereocenters. The molecule has 1 aromatic heterocycles. The molecule has 0 bridgehead atoms. The smallest absolute Gasteiger partial charge is 0.286 e. The largest absolute Gasteiger partial charge is 0.289 e. The molecular weight excluding hydrogens is 323 g/mol. The van der Waals surface area contributed by atoms with E-state index < -0.39 is 5.91 Å². The third-order valence-electron chi connectivity index (χ3n) is 3.34. The highest BCUT2D eigenvalue weighted by Gasteiger charge is 2.16. The number of hydrogen-bond donors (Lipinski definition) is 2. The third-order valence-corrected chi connectivity index (χ3v) is 3.93. The van der Waals surface area contributed by atoms with E-state index in [4.69, 9.17) is 29.0 Å². The molecule has 0 aliphatic rings. The average Bonchev–Trinajstić information content (AvgIpc) is 2.88. The SMILES string of the molecule is NNC(=O)c1nn(Cc2ccc(Cl)cc2Cl)c2ccccc12. The van der Waals surface area contributed by atoms with Gasteiger partial charge in [-0.1, -0.05) is 47.5 Å². The van der Waals surface area contributed by atoms with Crippen molar-refractivity contribution < 1.29 is 4.79 Å². The fourth-order valence-corrected chi connectivity index (χ4v) is 2.76. The summed E-state index contributed by atoms with van der Waals surface area (Å²) in [4.78, 5) is 11.8. The zero-order chi connectivity index (χ0) is 15.7. The summed E-state index contributed by atoms with van der Waals surface area (Å²) in [5.41, 5.74) is 4.08. The second kappa shape index (κ2) is 5.96. The standard InChI is InChI=1S/C15H12Cl2N4O/c16-10-6-5-9(12(17)7-10)8-21-13-4-2-1-3-11(13)14(20-21)15(22)19-18/h1-7H,8,18H2,(H,19,22). The van der Waals surface area contributed by atoms with Gasteiger partial charge in [-0.2, -0.15) is 5.10 Å². The lowest BCUT2D eigenvalue weighted by atomic mass is 10.2. The Morgan fingerprint density at radius 2 is 2.00 bits per heavy atom. The number of halogens is 2. The van der Waals surface area contributed by atoms with E-state index in [1.165, 1.54) is 0 Å². The van der Waals surface area contributed by atoms with Crippen molar-refractivity contribution in [3.63, 3.8) is 0 Å². The molecule has 22 heavy (non-hydrogen) atoms. The minimum atomic E-state index is -0.433. The summed E-state index contributed by atoms with van der Waals surface area (Å²) < 4.78 is 1.72. The fourth-order valence-electron chi connectivity index (χ4n) is 2.30. The van der Waals surface area contributed by atoms with E-state index >= 15 is 0 Å². The summed E-state index contributed by atoms with van der Waals surface area (Å²) in [6.07, 6.45) is 0. The number of benzene rings is 2. The van der Waals surface area contributed by atoms with Crippen LogP contribution >= 0.6 is 23.2 Å². The van der Waals surface area contributed by atoms with Crippen LogP contribution in [0.4, 0.5) is 0 Å². The predicted octanol–water partition coefficient (Wildman–Crippen LogP) is 2.99. The number of nitrogen functional groups attached to an aromatic ring is 1. The van der Waals surface area contributed by atoms with Crippen LogP contribution in [0.25, 0.3) is 10.9 Å². The van der Waals surface area contributed by atoms with Gasteiger partial charge in [-0.15, -0.1) is 0 Å². The lowest BCUT2D eigenvalue weighted by Crippen LogP contribution is -2.30. The number of para-hydroxylation sites is 1. The van der Waals surface area contributed by atoms with Crippen molar-refractivity contribution in [3.8, 4) is 0 Å². The minimum Gasteiger partial charge on any atom is -0.289 e. The average molecular weight is 335 g/mol. The molecule has 0 fully saturated rings. The maximum absolute atomic E-state index is 11.8. The molecule has 0 radical (unpaired) electrons. The van der Waals surface area contributed by atoms with Crippen molar-refractivity contribution in [2.75, 3.05) is 0 Å². The minimum absolute atomic E-state index is 0.281. The van der Waals surface area contributed by atoms with Gasteiger partial charge in [0.1, 0.15) is 0 Å². The summed E-state index contributed by atoms with van der Waals surface area (Å²) in [6, 6.07) is 12.7. The topological polar surface area (TPSA) is 72.9 Å². The van der Waals surface area contributed by atoms with E-state index in [0.717, 1.165) is 16.5 Å². The summed E-state index contributed by atoms with van der Waals surface area (Å²) in [5.74, 6) is 4.78. The number of amides is 1. The fraction of sp³-hybridized carbons (Fsp3) is 0.0667. The molecule has 0 atom stereocenters. The summed E-state index contributed by atoms with van der Waals surface area (Å²) in [6.45, 7) is 0.425. The molecule has 2 aromatic carbocycles. The Hall–Kier alpha value is -2.08. The first-order valence-electron chi connectivity index (χ1n) is 6.50. The molecule has 5 nitrogen and oxygen atoms in total. The number of nitrogens with one attached hydrogen (secondary N) is 1. The van der Waals surface area contributed by atoms with Gasteiger partial charge in [-0.05, 0) is 23.8 Å². The zero-order valence-corrected chi connectivity index (χ0v) is 12.9. The number of nitrogens with zero attached hydrogens (tertiary/aromatic N) is 2. The van der Waals surface area contributed by atoms with E-state index in [1.807, 2.05) is 30.3 Å². The van der Waals surface area contributed by atoms with Crippen LogP contribution in [0.15, 0.2) is 42.5 Å². The molecule has 7 heteroatoms.